The molecule has 2 aromatic carbocycles. The Balaban J connectivity index is 2.03. The molecule has 1 heterocycles. The smallest absolute Gasteiger partial charge is 0.159 e. The van der Waals surface area contributed by atoms with Crippen molar-refractivity contribution in [3.63, 3.8) is 0 Å². The molecule has 0 saturated carbocycles. The van der Waals surface area contributed by atoms with Gasteiger partial charge in [-0.15, -0.1) is 0 Å². The van der Waals surface area contributed by atoms with Gasteiger partial charge in [-0.2, -0.15) is 0 Å². The van der Waals surface area contributed by atoms with E-state index in [0.717, 1.165) is 22.6 Å². The maximum Gasteiger partial charge on any atom is 0.159 e. The molecule has 2 nitrogen and oxygen atoms in total. The second-order valence-corrected chi connectivity index (χ2v) is 4.50. The van der Waals surface area contributed by atoms with Gasteiger partial charge >= 0.3 is 0 Å². The van der Waals surface area contributed by atoms with E-state index >= 15 is 0 Å². The molecule has 0 unspecified atom stereocenters. The summed E-state index contributed by atoms with van der Waals surface area (Å²) in [6.45, 7) is 2.07. The Bertz CT molecular complexity index is 673. The van der Waals surface area contributed by atoms with Gasteiger partial charge in [-0.3, -0.25) is 0 Å². The van der Waals surface area contributed by atoms with Crippen molar-refractivity contribution in [1.29, 1.82) is 0 Å². The minimum absolute atomic E-state index is 0.765. The van der Waals surface area contributed by atoms with Crippen molar-refractivity contribution in [2.75, 3.05) is 0 Å². The molecular weight excluding hydrogens is 232 g/mol. The fourth-order valence-corrected chi connectivity index (χ4v) is 1.97. The van der Waals surface area contributed by atoms with Crippen LogP contribution in [0.2, 0.25) is 0 Å². The van der Waals surface area contributed by atoms with Gasteiger partial charge in [0.15, 0.2) is 5.82 Å². The van der Waals surface area contributed by atoms with Crippen LogP contribution in [0.15, 0.2) is 66.9 Å². The first-order valence-corrected chi connectivity index (χ1v) is 6.28. The van der Waals surface area contributed by atoms with Crippen LogP contribution in [-0.2, 0) is 0 Å². The van der Waals surface area contributed by atoms with E-state index in [0.29, 0.717) is 0 Å². The van der Waals surface area contributed by atoms with Crippen molar-refractivity contribution in [3.8, 4) is 22.6 Å². The summed E-state index contributed by atoms with van der Waals surface area (Å²) in [6, 6.07) is 20.4. The summed E-state index contributed by atoms with van der Waals surface area (Å²) in [5.74, 6) is 0.765. The van der Waals surface area contributed by atoms with Gasteiger partial charge in [0.1, 0.15) is 0 Å². The normalized spacial score (nSPS) is 10.4. The lowest BCUT2D eigenvalue weighted by atomic mass is 10.1. The SMILES string of the molecule is Cc1ccc(-c2nccc(-c3ccccc3)n2)cc1. The summed E-state index contributed by atoms with van der Waals surface area (Å²) < 4.78 is 0. The van der Waals surface area contributed by atoms with Gasteiger partial charge < -0.3 is 0 Å². The molecule has 0 aliphatic carbocycles. The molecule has 0 atom stereocenters. The first-order chi connectivity index (χ1) is 9.33. The van der Waals surface area contributed by atoms with Crippen LogP contribution in [0.1, 0.15) is 5.56 Å². The summed E-state index contributed by atoms with van der Waals surface area (Å²) in [4.78, 5) is 8.99. The minimum atomic E-state index is 0.765. The Morgan fingerprint density at radius 3 is 2.21 bits per heavy atom. The lowest BCUT2D eigenvalue weighted by Crippen LogP contribution is -1.91. The lowest BCUT2D eigenvalue weighted by Gasteiger charge is -2.04. The predicted octanol–water partition coefficient (Wildman–Crippen LogP) is 4.12. The van der Waals surface area contributed by atoms with Gasteiger partial charge in [0.25, 0.3) is 0 Å². The fraction of sp³-hybridized carbons (Fsp3) is 0.0588. The molecule has 0 spiro atoms. The topological polar surface area (TPSA) is 25.8 Å². The highest BCUT2D eigenvalue weighted by atomic mass is 14.9. The molecule has 19 heavy (non-hydrogen) atoms. The van der Waals surface area contributed by atoms with Gasteiger partial charge in [0, 0.05) is 17.3 Å². The van der Waals surface area contributed by atoms with Crippen LogP contribution < -0.4 is 0 Å². The van der Waals surface area contributed by atoms with Crippen molar-refractivity contribution in [2.24, 2.45) is 0 Å². The molecule has 0 bridgehead atoms. The second-order valence-electron chi connectivity index (χ2n) is 4.50. The summed E-state index contributed by atoms with van der Waals surface area (Å²) in [6.07, 6.45) is 1.81. The maximum absolute atomic E-state index is 4.63. The maximum atomic E-state index is 4.63. The van der Waals surface area contributed by atoms with Crippen LogP contribution in [0.5, 0.6) is 0 Å². The summed E-state index contributed by atoms with van der Waals surface area (Å²) in [7, 11) is 0. The van der Waals surface area contributed by atoms with Gasteiger partial charge in [0.2, 0.25) is 0 Å². The molecule has 1 aromatic heterocycles. The predicted molar refractivity (Wildman–Crippen MR) is 77.6 cm³/mol. The highest BCUT2D eigenvalue weighted by molar-refractivity contribution is 5.63. The van der Waals surface area contributed by atoms with E-state index in [1.54, 1.807) is 0 Å². The molecular formula is C17H14N2. The lowest BCUT2D eigenvalue weighted by molar-refractivity contribution is 1.18. The van der Waals surface area contributed by atoms with E-state index in [9.17, 15) is 0 Å². The molecule has 0 fully saturated rings. The van der Waals surface area contributed by atoms with E-state index in [1.807, 2.05) is 30.5 Å². The molecule has 0 aliphatic rings. The van der Waals surface area contributed by atoms with Crippen LogP contribution in [0.3, 0.4) is 0 Å². The summed E-state index contributed by atoms with van der Waals surface area (Å²) >= 11 is 0. The Morgan fingerprint density at radius 2 is 1.47 bits per heavy atom. The summed E-state index contributed by atoms with van der Waals surface area (Å²) in [5, 5.41) is 0. The Hall–Kier alpha value is -2.48. The van der Waals surface area contributed by atoms with E-state index in [2.05, 4.69) is 53.3 Å². The number of rotatable bonds is 2. The highest BCUT2D eigenvalue weighted by Crippen LogP contribution is 2.20. The van der Waals surface area contributed by atoms with Crippen molar-refractivity contribution in [2.45, 2.75) is 6.92 Å². The number of hydrogen-bond donors (Lipinski definition) is 0. The third-order valence-corrected chi connectivity index (χ3v) is 3.03. The van der Waals surface area contributed by atoms with Gasteiger partial charge in [-0.1, -0.05) is 60.2 Å². The zero-order chi connectivity index (χ0) is 13.1. The number of aromatic nitrogens is 2. The van der Waals surface area contributed by atoms with Crippen molar-refractivity contribution in [1.82, 2.24) is 9.97 Å². The van der Waals surface area contributed by atoms with Crippen molar-refractivity contribution < 1.29 is 0 Å². The largest absolute Gasteiger partial charge is 0.237 e. The molecule has 0 N–H and O–H groups in total. The number of aryl methyl sites for hydroxylation is 1. The first-order valence-electron chi connectivity index (χ1n) is 6.28. The molecule has 0 saturated heterocycles. The second kappa shape index (κ2) is 5.02. The quantitative estimate of drug-likeness (QED) is 0.679. The monoisotopic (exact) mass is 246 g/mol. The molecule has 2 heteroatoms. The van der Waals surface area contributed by atoms with Crippen LogP contribution in [0, 0.1) is 6.92 Å². The molecule has 0 radical (unpaired) electrons. The number of benzene rings is 2. The first kappa shape index (κ1) is 11.6. The molecule has 0 aliphatic heterocycles. The molecule has 3 aromatic rings. The van der Waals surface area contributed by atoms with Gasteiger partial charge in [0.05, 0.1) is 5.69 Å². The van der Waals surface area contributed by atoms with E-state index in [-0.39, 0.29) is 0 Å². The fourth-order valence-electron chi connectivity index (χ4n) is 1.97. The van der Waals surface area contributed by atoms with Crippen molar-refractivity contribution in [3.05, 3.63) is 72.4 Å². The third-order valence-electron chi connectivity index (χ3n) is 3.03. The Kier molecular flexibility index (Phi) is 3.07. The van der Waals surface area contributed by atoms with Crippen LogP contribution in [0.4, 0.5) is 0 Å². The number of hydrogen-bond acceptors (Lipinski definition) is 2. The summed E-state index contributed by atoms with van der Waals surface area (Å²) in [5.41, 5.74) is 4.34. The highest BCUT2D eigenvalue weighted by Gasteiger charge is 2.03. The average Bonchev–Trinajstić information content (AvgIpc) is 2.49. The van der Waals surface area contributed by atoms with Gasteiger partial charge in [-0.05, 0) is 13.0 Å². The molecule has 0 amide bonds. The standard InChI is InChI=1S/C17H14N2/c1-13-7-9-15(10-8-13)17-18-12-11-16(19-17)14-5-3-2-4-6-14/h2-12H,1H3. The van der Waals surface area contributed by atoms with E-state index < -0.39 is 0 Å². The zero-order valence-corrected chi connectivity index (χ0v) is 10.7. The zero-order valence-electron chi connectivity index (χ0n) is 10.7. The Labute approximate surface area is 112 Å². The van der Waals surface area contributed by atoms with E-state index in [1.165, 1.54) is 5.56 Å². The molecule has 92 valence electrons. The van der Waals surface area contributed by atoms with Gasteiger partial charge in [-0.25, -0.2) is 9.97 Å². The van der Waals surface area contributed by atoms with Crippen LogP contribution >= 0.6 is 0 Å². The van der Waals surface area contributed by atoms with Crippen LogP contribution in [-0.4, -0.2) is 9.97 Å². The van der Waals surface area contributed by atoms with Crippen LogP contribution in [0.25, 0.3) is 22.6 Å². The molecule has 3 rings (SSSR count). The van der Waals surface area contributed by atoms with Crippen molar-refractivity contribution >= 4 is 0 Å². The Morgan fingerprint density at radius 1 is 0.737 bits per heavy atom. The van der Waals surface area contributed by atoms with E-state index in [4.69, 9.17) is 0 Å². The minimum Gasteiger partial charge on any atom is -0.237 e. The number of nitrogens with zero attached hydrogens (tertiary/aromatic N) is 2. The average molecular weight is 246 g/mol. The third kappa shape index (κ3) is 2.52.